The van der Waals surface area contributed by atoms with E-state index in [1.54, 1.807) is 0 Å². The number of hydrogen-bond acceptors (Lipinski definition) is 6. The Morgan fingerprint density at radius 3 is 2.71 bits per heavy atom. The van der Waals surface area contributed by atoms with Gasteiger partial charge in [0, 0.05) is 24.0 Å². The van der Waals surface area contributed by atoms with Gasteiger partial charge in [-0.25, -0.2) is 9.78 Å². The Balaban J connectivity index is 2.05. The third-order valence-electron chi connectivity index (χ3n) is 4.71. The number of nitrogens with two attached hydrogens (primary N) is 2. The van der Waals surface area contributed by atoms with Crippen molar-refractivity contribution < 1.29 is 9.90 Å². The third-order valence-corrected chi connectivity index (χ3v) is 5.80. The fourth-order valence-electron chi connectivity index (χ4n) is 3.22. The van der Waals surface area contributed by atoms with Gasteiger partial charge in [0.2, 0.25) is 0 Å². The minimum atomic E-state index is -0.989. The van der Waals surface area contributed by atoms with E-state index in [0.717, 1.165) is 66.9 Å². The van der Waals surface area contributed by atoms with Crippen molar-refractivity contribution in [2.45, 2.75) is 45.1 Å². The summed E-state index contributed by atoms with van der Waals surface area (Å²) < 4.78 is 0. The predicted octanol–water partition coefficient (Wildman–Crippen LogP) is 2.85. The summed E-state index contributed by atoms with van der Waals surface area (Å²) in [5, 5.41) is 10.2. The standard InChI is InChI=1S/C17H24N4O2S/c1-3-4-10-9-11(21-7-5-17(2,19)6-8-21)20-15-12(10)13(18)14(24-15)16(22)23/h9H,3-8,18-19H2,1-2H3,(H,22,23). The molecule has 1 fully saturated rings. The van der Waals surface area contributed by atoms with Crippen LogP contribution in [0, 0.1) is 0 Å². The second-order valence-electron chi connectivity index (χ2n) is 6.86. The van der Waals surface area contributed by atoms with Gasteiger partial charge in [-0.1, -0.05) is 13.3 Å². The van der Waals surface area contributed by atoms with Crippen LogP contribution < -0.4 is 16.4 Å². The molecule has 1 aliphatic rings. The van der Waals surface area contributed by atoms with Crippen molar-refractivity contribution in [1.29, 1.82) is 0 Å². The number of carbonyl (C=O) groups is 1. The molecule has 0 radical (unpaired) electrons. The van der Waals surface area contributed by atoms with E-state index in [1.165, 1.54) is 0 Å². The zero-order chi connectivity index (χ0) is 17.5. The van der Waals surface area contributed by atoms with Crippen LogP contribution in [0.25, 0.3) is 10.2 Å². The average molecular weight is 348 g/mol. The molecule has 2 aromatic heterocycles. The summed E-state index contributed by atoms with van der Waals surface area (Å²) in [6.45, 7) is 5.92. The summed E-state index contributed by atoms with van der Waals surface area (Å²) in [5.41, 5.74) is 13.6. The Morgan fingerprint density at radius 1 is 1.46 bits per heavy atom. The molecule has 6 nitrogen and oxygen atoms in total. The molecular formula is C17H24N4O2S. The molecule has 0 saturated carbocycles. The average Bonchev–Trinajstić information content (AvgIpc) is 2.85. The molecule has 24 heavy (non-hydrogen) atoms. The number of carboxylic acid groups (broad SMARTS) is 1. The molecule has 0 atom stereocenters. The molecule has 1 saturated heterocycles. The number of nitrogen functional groups attached to an aromatic ring is 1. The van der Waals surface area contributed by atoms with E-state index in [9.17, 15) is 9.90 Å². The number of aromatic carboxylic acids is 1. The van der Waals surface area contributed by atoms with E-state index in [-0.39, 0.29) is 10.4 Å². The molecule has 0 bridgehead atoms. The summed E-state index contributed by atoms with van der Waals surface area (Å²) in [4.78, 5) is 19.2. The number of anilines is 2. The topological polar surface area (TPSA) is 105 Å². The number of rotatable bonds is 4. The highest BCUT2D eigenvalue weighted by Gasteiger charge is 2.27. The quantitative estimate of drug-likeness (QED) is 0.784. The highest BCUT2D eigenvalue weighted by atomic mass is 32.1. The summed E-state index contributed by atoms with van der Waals surface area (Å²) in [6, 6.07) is 2.07. The molecule has 3 rings (SSSR count). The van der Waals surface area contributed by atoms with Crippen molar-refractivity contribution in [1.82, 2.24) is 4.98 Å². The third kappa shape index (κ3) is 3.06. The highest BCUT2D eigenvalue weighted by Crippen LogP contribution is 2.37. The zero-order valence-corrected chi connectivity index (χ0v) is 14.9. The molecule has 0 aliphatic carbocycles. The van der Waals surface area contributed by atoms with Gasteiger partial charge >= 0.3 is 5.97 Å². The van der Waals surface area contributed by atoms with Crippen LogP contribution in [0.15, 0.2) is 6.07 Å². The number of thiophene rings is 1. The van der Waals surface area contributed by atoms with Crippen molar-refractivity contribution >= 4 is 39.0 Å². The number of aryl methyl sites for hydroxylation is 1. The Hall–Kier alpha value is -1.86. The molecule has 130 valence electrons. The van der Waals surface area contributed by atoms with E-state index >= 15 is 0 Å². The van der Waals surface area contributed by atoms with Crippen LogP contribution in [-0.2, 0) is 6.42 Å². The lowest BCUT2D eigenvalue weighted by atomic mass is 9.91. The second-order valence-corrected chi connectivity index (χ2v) is 7.86. The van der Waals surface area contributed by atoms with Crippen LogP contribution in [0.3, 0.4) is 0 Å². The van der Waals surface area contributed by atoms with Gasteiger partial charge in [0.1, 0.15) is 15.5 Å². The van der Waals surface area contributed by atoms with E-state index in [1.807, 2.05) is 0 Å². The van der Waals surface area contributed by atoms with Crippen molar-refractivity contribution in [3.63, 3.8) is 0 Å². The van der Waals surface area contributed by atoms with Gasteiger partial charge in [-0.3, -0.25) is 0 Å². The first-order valence-electron chi connectivity index (χ1n) is 8.31. The maximum atomic E-state index is 11.4. The smallest absolute Gasteiger partial charge is 0.348 e. The van der Waals surface area contributed by atoms with Gasteiger partial charge in [0.05, 0.1) is 5.69 Å². The molecule has 7 heteroatoms. The van der Waals surface area contributed by atoms with Crippen LogP contribution in [0.4, 0.5) is 11.5 Å². The Labute approximate surface area is 145 Å². The highest BCUT2D eigenvalue weighted by molar-refractivity contribution is 7.21. The molecular weight excluding hydrogens is 324 g/mol. The maximum absolute atomic E-state index is 11.4. The number of pyridine rings is 1. The lowest BCUT2D eigenvalue weighted by Crippen LogP contribution is -2.48. The first-order valence-corrected chi connectivity index (χ1v) is 9.13. The van der Waals surface area contributed by atoms with Crippen LogP contribution in [-0.4, -0.2) is 34.7 Å². The number of piperidine rings is 1. The predicted molar refractivity (Wildman–Crippen MR) is 99.0 cm³/mol. The lowest BCUT2D eigenvalue weighted by molar-refractivity contribution is 0.0703. The van der Waals surface area contributed by atoms with E-state index in [4.69, 9.17) is 16.5 Å². The normalized spacial score (nSPS) is 17.4. The van der Waals surface area contributed by atoms with Crippen molar-refractivity contribution in [2.75, 3.05) is 23.7 Å². The molecule has 0 spiro atoms. The fraction of sp³-hybridized carbons (Fsp3) is 0.529. The molecule has 0 aromatic carbocycles. The van der Waals surface area contributed by atoms with Gasteiger partial charge in [-0.2, -0.15) is 0 Å². The number of fused-ring (bicyclic) bond motifs is 1. The first-order chi connectivity index (χ1) is 11.3. The van der Waals surface area contributed by atoms with Crippen molar-refractivity contribution in [2.24, 2.45) is 5.73 Å². The largest absolute Gasteiger partial charge is 0.477 e. The summed E-state index contributed by atoms with van der Waals surface area (Å²) in [6.07, 6.45) is 3.66. The van der Waals surface area contributed by atoms with Gasteiger partial charge in [-0.05, 0) is 37.8 Å². The molecule has 0 amide bonds. The van der Waals surface area contributed by atoms with Gasteiger partial charge in [-0.15, -0.1) is 11.3 Å². The second kappa shape index (κ2) is 6.22. The molecule has 5 N–H and O–H groups in total. The van der Waals surface area contributed by atoms with Crippen molar-refractivity contribution in [3.05, 3.63) is 16.5 Å². The zero-order valence-electron chi connectivity index (χ0n) is 14.1. The van der Waals surface area contributed by atoms with E-state index in [0.29, 0.717) is 10.5 Å². The van der Waals surface area contributed by atoms with E-state index < -0.39 is 5.97 Å². The van der Waals surface area contributed by atoms with E-state index in [2.05, 4.69) is 24.8 Å². The van der Waals surface area contributed by atoms with Crippen LogP contribution in [0.2, 0.25) is 0 Å². The van der Waals surface area contributed by atoms with Crippen molar-refractivity contribution in [3.8, 4) is 0 Å². The number of nitrogens with zero attached hydrogens (tertiary/aromatic N) is 2. The summed E-state index contributed by atoms with van der Waals surface area (Å²) >= 11 is 1.16. The minimum Gasteiger partial charge on any atom is -0.477 e. The van der Waals surface area contributed by atoms with Gasteiger partial charge in [0.15, 0.2) is 0 Å². The van der Waals surface area contributed by atoms with Crippen LogP contribution in [0.1, 0.15) is 48.3 Å². The number of aromatic nitrogens is 1. The molecule has 1 aliphatic heterocycles. The Bertz CT molecular complexity index is 774. The number of hydrogen-bond donors (Lipinski definition) is 3. The molecule has 2 aromatic rings. The first kappa shape index (κ1) is 17.0. The minimum absolute atomic E-state index is 0.114. The Kier molecular flexibility index (Phi) is 4.40. The molecule has 3 heterocycles. The lowest BCUT2D eigenvalue weighted by Gasteiger charge is -2.37. The van der Waals surface area contributed by atoms with Gasteiger partial charge in [0.25, 0.3) is 0 Å². The summed E-state index contributed by atoms with van der Waals surface area (Å²) in [7, 11) is 0. The Morgan fingerprint density at radius 2 is 2.12 bits per heavy atom. The van der Waals surface area contributed by atoms with Gasteiger partial charge < -0.3 is 21.5 Å². The maximum Gasteiger partial charge on any atom is 0.348 e. The summed E-state index contributed by atoms with van der Waals surface area (Å²) in [5.74, 6) is -0.0870. The molecule has 0 unspecified atom stereocenters. The van der Waals surface area contributed by atoms with Crippen LogP contribution >= 0.6 is 11.3 Å². The SMILES string of the molecule is CCCc1cc(N2CCC(C)(N)CC2)nc2sc(C(=O)O)c(N)c12. The van der Waals surface area contributed by atoms with Crippen LogP contribution in [0.5, 0.6) is 0 Å². The fourth-order valence-corrected chi connectivity index (χ4v) is 4.19. The number of carboxylic acids is 1. The monoisotopic (exact) mass is 348 g/mol.